The first-order valence-corrected chi connectivity index (χ1v) is 4.78. The van der Waals surface area contributed by atoms with Gasteiger partial charge in [0, 0.05) is 25.3 Å². The van der Waals surface area contributed by atoms with Crippen LogP contribution in [0.2, 0.25) is 0 Å². The van der Waals surface area contributed by atoms with Gasteiger partial charge in [-0.3, -0.25) is 0 Å². The van der Waals surface area contributed by atoms with Gasteiger partial charge in [-0.05, 0) is 18.9 Å². The molecule has 1 N–H and O–H groups in total. The molecule has 1 aliphatic rings. The summed E-state index contributed by atoms with van der Waals surface area (Å²) in [5, 5.41) is 3.34. The van der Waals surface area contributed by atoms with E-state index in [9.17, 15) is 0 Å². The monoisotopic (exact) mass is 181 g/mol. The number of hydrogen-bond acceptors (Lipinski definition) is 3. The molecule has 1 atom stereocenters. The molecule has 3 heteroatoms. The van der Waals surface area contributed by atoms with E-state index in [4.69, 9.17) is 9.15 Å². The third-order valence-corrected chi connectivity index (χ3v) is 2.31. The molecule has 1 aromatic heterocycles. The minimum absolute atomic E-state index is 0.423. The average Bonchev–Trinajstić information content (AvgIpc) is 2.75. The Balaban J connectivity index is 1.63. The summed E-state index contributed by atoms with van der Waals surface area (Å²) < 4.78 is 10.5. The van der Waals surface area contributed by atoms with Crippen LogP contribution in [0.5, 0.6) is 0 Å². The smallest absolute Gasteiger partial charge is 0.0947 e. The second-order valence-electron chi connectivity index (χ2n) is 3.40. The fraction of sp³-hybridized carbons (Fsp3) is 0.600. The standard InChI is InChI=1S/C10H15NO2/c1-2-10(13-4-1)7-11-6-9-3-5-12-8-9/h3,5,8,10-11H,1-2,4,6-7H2. The maximum Gasteiger partial charge on any atom is 0.0947 e. The van der Waals surface area contributed by atoms with Crippen molar-refractivity contribution in [3.05, 3.63) is 24.2 Å². The SMILES string of the molecule is c1cc(CNCC2CCCO2)co1. The lowest BCUT2D eigenvalue weighted by Gasteiger charge is -2.09. The molecule has 0 spiro atoms. The van der Waals surface area contributed by atoms with Crippen molar-refractivity contribution < 1.29 is 9.15 Å². The highest BCUT2D eigenvalue weighted by atomic mass is 16.5. The first kappa shape index (κ1) is 8.78. The Morgan fingerprint density at radius 1 is 1.54 bits per heavy atom. The molecule has 0 aromatic carbocycles. The molecule has 1 saturated heterocycles. The molecule has 1 unspecified atom stereocenters. The van der Waals surface area contributed by atoms with E-state index in [1.165, 1.54) is 18.4 Å². The van der Waals surface area contributed by atoms with Crippen molar-refractivity contribution in [3.8, 4) is 0 Å². The van der Waals surface area contributed by atoms with Crippen molar-refractivity contribution in [1.82, 2.24) is 5.32 Å². The Morgan fingerprint density at radius 3 is 3.23 bits per heavy atom. The van der Waals surface area contributed by atoms with Crippen LogP contribution in [0.25, 0.3) is 0 Å². The number of rotatable bonds is 4. The minimum Gasteiger partial charge on any atom is -0.472 e. The third kappa shape index (κ3) is 2.57. The summed E-state index contributed by atoms with van der Waals surface area (Å²) in [4.78, 5) is 0. The molecule has 3 nitrogen and oxygen atoms in total. The lowest BCUT2D eigenvalue weighted by molar-refractivity contribution is 0.110. The molecular formula is C10H15NO2. The predicted octanol–water partition coefficient (Wildman–Crippen LogP) is 1.55. The van der Waals surface area contributed by atoms with Gasteiger partial charge in [-0.25, -0.2) is 0 Å². The summed E-state index contributed by atoms with van der Waals surface area (Å²) >= 11 is 0. The first-order chi connectivity index (χ1) is 6.45. The summed E-state index contributed by atoms with van der Waals surface area (Å²) in [6.45, 7) is 2.75. The normalized spacial score (nSPS) is 22.3. The first-order valence-electron chi connectivity index (χ1n) is 4.78. The van der Waals surface area contributed by atoms with E-state index in [0.717, 1.165) is 19.7 Å². The second kappa shape index (κ2) is 4.44. The zero-order valence-electron chi connectivity index (χ0n) is 7.66. The van der Waals surface area contributed by atoms with Gasteiger partial charge in [0.2, 0.25) is 0 Å². The quantitative estimate of drug-likeness (QED) is 0.765. The topological polar surface area (TPSA) is 34.4 Å². The molecule has 72 valence electrons. The van der Waals surface area contributed by atoms with Gasteiger partial charge in [0.15, 0.2) is 0 Å². The fourth-order valence-electron chi connectivity index (χ4n) is 1.58. The zero-order valence-corrected chi connectivity index (χ0v) is 7.66. The van der Waals surface area contributed by atoms with Crippen LogP contribution in [-0.2, 0) is 11.3 Å². The van der Waals surface area contributed by atoms with E-state index in [-0.39, 0.29) is 0 Å². The zero-order chi connectivity index (χ0) is 8.93. The van der Waals surface area contributed by atoms with E-state index >= 15 is 0 Å². The third-order valence-electron chi connectivity index (χ3n) is 2.31. The van der Waals surface area contributed by atoms with Crippen molar-refractivity contribution in [3.63, 3.8) is 0 Å². The van der Waals surface area contributed by atoms with Gasteiger partial charge in [-0.2, -0.15) is 0 Å². The van der Waals surface area contributed by atoms with Crippen LogP contribution in [0.4, 0.5) is 0 Å². The number of ether oxygens (including phenoxy) is 1. The molecular weight excluding hydrogens is 166 g/mol. The van der Waals surface area contributed by atoms with E-state index in [1.807, 2.05) is 6.07 Å². The Hall–Kier alpha value is -0.800. The van der Waals surface area contributed by atoms with Gasteiger partial charge in [0.05, 0.1) is 18.6 Å². The molecule has 13 heavy (non-hydrogen) atoms. The van der Waals surface area contributed by atoms with Crippen molar-refractivity contribution in [2.75, 3.05) is 13.2 Å². The molecule has 1 aromatic rings. The predicted molar refractivity (Wildman–Crippen MR) is 49.4 cm³/mol. The molecule has 2 rings (SSSR count). The van der Waals surface area contributed by atoms with Crippen molar-refractivity contribution >= 4 is 0 Å². The van der Waals surface area contributed by atoms with Crippen molar-refractivity contribution in [1.29, 1.82) is 0 Å². The molecule has 1 aliphatic heterocycles. The highest BCUT2D eigenvalue weighted by molar-refractivity contribution is 5.04. The Morgan fingerprint density at radius 2 is 2.54 bits per heavy atom. The number of nitrogens with one attached hydrogen (secondary N) is 1. The maximum absolute atomic E-state index is 5.49. The lowest BCUT2D eigenvalue weighted by atomic mass is 10.2. The highest BCUT2D eigenvalue weighted by Gasteiger charge is 2.14. The van der Waals surface area contributed by atoms with Crippen molar-refractivity contribution in [2.24, 2.45) is 0 Å². The molecule has 1 fully saturated rings. The van der Waals surface area contributed by atoms with E-state index in [1.54, 1.807) is 12.5 Å². The van der Waals surface area contributed by atoms with Gasteiger partial charge in [0.25, 0.3) is 0 Å². The summed E-state index contributed by atoms with van der Waals surface area (Å²) in [7, 11) is 0. The van der Waals surface area contributed by atoms with Crippen LogP contribution < -0.4 is 5.32 Å². The van der Waals surface area contributed by atoms with Crippen LogP contribution in [-0.4, -0.2) is 19.3 Å². The van der Waals surface area contributed by atoms with Gasteiger partial charge in [0.1, 0.15) is 0 Å². The van der Waals surface area contributed by atoms with E-state index < -0.39 is 0 Å². The van der Waals surface area contributed by atoms with E-state index in [0.29, 0.717) is 6.10 Å². The molecule has 0 aliphatic carbocycles. The molecule has 0 bridgehead atoms. The highest BCUT2D eigenvalue weighted by Crippen LogP contribution is 2.10. The molecule has 0 saturated carbocycles. The minimum atomic E-state index is 0.423. The van der Waals surface area contributed by atoms with Crippen LogP contribution >= 0.6 is 0 Å². The summed E-state index contributed by atoms with van der Waals surface area (Å²) in [6, 6.07) is 1.97. The maximum atomic E-state index is 5.49. The number of hydrogen-bond donors (Lipinski definition) is 1. The van der Waals surface area contributed by atoms with Crippen LogP contribution in [0, 0.1) is 0 Å². The summed E-state index contributed by atoms with van der Waals surface area (Å²) in [5.74, 6) is 0. The van der Waals surface area contributed by atoms with Crippen LogP contribution in [0.3, 0.4) is 0 Å². The lowest BCUT2D eigenvalue weighted by Crippen LogP contribution is -2.25. The van der Waals surface area contributed by atoms with Crippen LogP contribution in [0.1, 0.15) is 18.4 Å². The number of furan rings is 1. The Bertz CT molecular complexity index is 227. The Kier molecular flexibility index (Phi) is 3.00. The average molecular weight is 181 g/mol. The summed E-state index contributed by atoms with van der Waals surface area (Å²) in [5.41, 5.74) is 1.19. The van der Waals surface area contributed by atoms with Gasteiger partial charge in [-0.15, -0.1) is 0 Å². The van der Waals surface area contributed by atoms with Gasteiger partial charge >= 0.3 is 0 Å². The van der Waals surface area contributed by atoms with Crippen molar-refractivity contribution in [2.45, 2.75) is 25.5 Å². The van der Waals surface area contributed by atoms with Gasteiger partial charge < -0.3 is 14.5 Å². The van der Waals surface area contributed by atoms with Gasteiger partial charge in [-0.1, -0.05) is 0 Å². The summed E-state index contributed by atoms with van der Waals surface area (Å²) in [6.07, 6.45) is 6.29. The molecule has 2 heterocycles. The largest absolute Gasteiger partial charge is 0.472 e. The second-order valence-corrected chi connectivity index (χ2v) is 3.40. The van der Waals surface area contributed by atoms with E-state index in [2.05, 4.69) is 5.32 Å². The molecule has 0 radical (unpaired) electrons. The Labute approximate surface area is 78.1 Å². The fourth-order valence-corrected chi connectivity index (χ4v) is 1.58. The van der Waals surface area contributed by atoms with Crippen LogP contribution in [0.15, 0.2) is 23.0 Å². The molecule has 0 amide bonds.